The highest BCUT2D eigenvalue weighted by Crippen LogP contribution is 2.43. The number of ether oxygens (including phenoxy) is 2. The first kappa shape index (κ1) is 8.82. The summed E-state index contributed by atoms with van der Waals surface area (Å²) in [4.78, 5) is 11.7. The molecule has 1 amide bonds. The molecule has 3 rings (SSSR count). The molecule has 15 heavy (non-hydrogen) atoms. The Morgan fingerprint density at radius 3 is 3.00 bits per heavy atom. The number of amides is 1. The third kappa shape index (κ3) is 1.04. The fourth-order valence-corrected chi connectivity index (χ4v) is 1.90. The number of carbonyl (C=O) groups is 1. The summed E-state index contributed by atoms with van der Waals surface area (Å²) in [6, 6.07) is 6.94. The topological polar surface area (TPSA) is 47.6 Å². The maximum atomic E-state index is 13.0. The molecule has 1 spiro atoms. The molecule has 2 atom stereocenters. The van der Waals surface area contributed by atoms with Crippen molar-refractivity contribution in [3.05, 3.63) is 29.8 Å². The zero-order valence-electron chi connectivity index (χ0n) is 7.70. The Hall–Kier alpha value is -1.46. The van der Waals surface area contributed by atoms with Crippen LogP contribution in [0.5, 0.6) is 0 Å². The van der Waals surface area contributed by atoms with E-state index in [1.165, 1.54) is 0 Å². The highest BCUT2D eigenvalue weighted by molar-refractivity contribution is 6.04. The van der Waals surface area contributed by atoms with Crippen molar-refractivity contribution in [1.29, 1.82) is 0 Å². The number of fused-ring (bicyclic) bond motifs is 2. The van der Waals surface area contributed by atoms with Gasteiger partial charge >= 0.3 is 0 Å². The first-order valence-electron chi connectivity index (χ1n) is 4.59. The van der Waals surface area contributed by atoms with E-state index in [2.05, 4.69) is 5.32 Å². The molecule has 78 valence electrons. The molecule has 1 saturated heterocycles. The molecule has 1 aromatic rings. The molecule has 0 bridgehead atoms. The minimum absolute atomic E-state index is 0.220. The van der Waals surface area contributed by atoms with Crippen LogP contribution in [0.1, 0.15) is 5.56 Å². The first-order chi connectivity index (χ1) is 7.22. The molecule has 4 nitrogen and oxygen atoms in total. The van der Waals surface area contributed by atoms with Crippen LogP contribution in [0.3, 0.4) is 0 Å². The van der Waals surface area contributed by atoms with Crippen molar-refractivity contribution in [2.45, 2.75) is 12.1 Å². The number of rotatable bonds is 0. The van der Waals surface area contributed by atoms with Crippen LogP contribution in [0.15, 0.2) is 24.3 Å². The van der Waals surface area contributed by atoms with Gasteiger partial charge in [-0.05, 0) is 6.07 Å². The van der Waals surface area contributed by atoms with Gasteiger partial charge in [-0.2, -0.15) is 0 Å². The average molecular weight is 209 g/mol. The van der Waals surface area contributed by atoms with Crippen molar-refractivity contribution in [2.24, 2.45) is 0 Å². The van der Waals surface area contributed by atoms with E-state index in [9.17, 15) is 9.18 Å². The number of para-hydroxylation sites is 1. The van der Waals surface area contributed by atoms with E-state index in [-0.39, 0.29) is 6.61 Å². The highest BCUT2D eigenvalue weighted by atomic mass is 19.1. The Kier molecular flexibility index (Phi) is 1.63. The molecular formula is C10H8FNO3. The molecule has 1 N–H and O–H groups in total. The number of hydrogen-bond donors (Lipinski definition) is 1. The Morgan fingerprint density at radius 2 is 2.27 bits per heavy atom. The minimum atomic E-state index is -1.57. The molecule has 0 saturated carbocycles. The lowest BCUT2D eigenvalue weighted by atomic mass is 10.1. The van der Waals surface area contributed by atoms with Gasteiger partial charge < -0.3 is 14.8 Å². The van der Waals surface area contributed by atoms with Crippen molar-refractivity contribution in [1.82, 2.24) is 0 Å². The van der Waals surface area contributed by atoms with Gasteiger partial charge in [-0.3, -0.25) is 4.79 Å². The van der Waals surface area contributed by atoms with Gasteiger partial charge in [0.2, 0.25) is 6.36 Å². The van der Waals surface area contributed by atoms with Crippen LogP contribution in [0.4, 0.5) is 10.1 Å². The predicted octanol–water partition coefficient (Wildman–Crippen LogP) is 1.13. The Morgan fingerprint density at radius 1 is 1.47 bits per heavy atom. The van der Waals surface area contributed by atoms with Crippen molar-refractivity contribution in [3.8, 4) is 0 Å². The van der Waals surface area contributed by atoms with Crippen LogP contribution >= 0.6 is 0 Å². The van der Waals surface area contributed by atoms with Crippen LogP contribution in [-0.4, -0.2) is 18.9 Å². The molecule has 5 heteroatoms. The van der Waals surface area contributed by atoms with E-state index in [1.807, 2.05) is 0 Å². The van der Waals surface area contributed by atoms with Crippen LogP contribution < -0.4 is 5.32 Å². The van der Waals surface area contributed by atoms with Crippen molar-refractivity contribution >= 4 is 11.6 Å². The van der Waals surface area contributed by atoms with Gasteiger partial charge in [-0.1, -0.05) is 18.2 Å². The molecule has 2 aliphatic rings. The van der Waals surface area contributed by atoms with Gasteiger partial charge in [-0.25, -0.2) is 4.39 Å². The van der Waals surface area contributed by atoms with Crippen LogP contribution in [0.25, 0.3) is 0 Å². The number of alkyl halides is 1. The Labute approximate surface area is 85.0 Å². The molecule has 0 aliphatic carbocycles. The van der Waals surface area contributed by atoms with Gasteiger partial charge in [-0.15, -0.1) is 0 Å². The molecule has 2 heterocycles. The molecule has 2 aliphatic heterocycles. The number of halogens is 1. The molecule has 1 fully saturated rings. The second kappa shape index (κ2) is 2.77. The number of carbonyl (C=O) groups excluding carboxylic acids is 1. The summed E-state index contributed by atoms with van der Waals surface area (Å²) in [7, 11) is 0. The first-order valence-corrected chi connectivity index (χ1v) is 4.59. The fraction of sp³-hybridized carbons (Fsp3) is 0.300. The van der Waals surface area contributed by atoms with Crippen LogP contribution in [0, 0.1) is 0 Å². The van der Waals surface area contributed by atoms with Crippen molar-refractivity contribution < 1.29 is 18.7 Å². The predicted molar refractivity (Wildman–Crippen MR) is 48.7 cm³/mol. The smallest absolute Gasteiger partial charge is 0.290 e. The van der Waals surface area contributed by atoms with E-state index < -0.39 is 18.1 Å². The molecular weight excluding hydrogens is 201 g/mol. The molecule has 1 aromatic carbocycles. The zero-order valence-corrected chi connectivity index (χ0v) is 7.70. The van der Waals surface area contributed by atoms with E-state index in [0.29, 0.717) is 11.3 Å². The van der Waals surface area contributed by atoms with Crippen molar-refractivity contribution in [3.63, 3.8) is 0 Å². The monoisotopic (exact) mass is 209 g/mol. The third-order valence-corrected chi connectivity index (χ3v) is 2.54. The summed E-state index contributed by atoms with van der Waals surface area (Å²) in [5.41, 5.74) is 1.15. The van der Waals surface area contributed by atoms with Gasteiger partial charge in [0.05, 0.1) is 5.69 Å². The van der Waals surface area contributed by atoms with Gasteiger partial charge in [0.15, 0.2) is 0 Å². The number of anilines is 1. The van der Waals surface area contributed by atoms with Crippen LogP contribution in [-0.2, 0) is 20.1 Å². The Bertz CT molecular complexity index is 436. The second-order valence-electron chi connectivity index (χ2n) is 3.46. The molecule has 0 radical (unpaired) electrons. The summed E-state index contributed by atoms with van der Waals surface area (Å²) >= 11 is 0. The zero-order chi connectivity index (χ0) is 10.5. The standard InChI is InChI=1S/C10H8FNO3/c11-8-5-14-10(15-8)6-3-1-2-4-7(6)12-9(10)13/h1-4,8H,5H2,(H,12,13). The van der Waals surface area contributed by atoms with Gasteiger partial charge in [0.25, 0.3) is 11.7 Å². The van der Waals surface area contributed by atoms with E-state index in [1.54, 1.807) is 24.3 Å². The summed E-state index contributed by atoms with van der Waals surface area (Å²) in [6.45, 7) is -0.220. The number of benzene rings is 1. The summed E-state index contributed by atoms with van der Waals surface area (Å²) in [5, 5.41) is 2.60. The average Bonchev–Trinajstić information content (AvgIpc) is 2.73. The fourth-order valence-electron chi connectivity index (χ4n) is 1.90. The molecule has 2 unspecified atom stereocenters. The largest absolute Gasteiger partial charge is 0.333 e. The normalized spacial score (nSPS) is 33.1. The summed E-state index contributed by atoms with van der Waals surface area (Å²) < 4.78 is 23.1. The molecule has 0 aromatic heterocycles. The lowest BCUT2D eigenvalue weighted by Gasteiger charge is -2.18. The Balaban J connectivity index is 2.13. The van der Waals surface area contributed by atoms with Gasteiger partial charge in [0.1, 0.15) is 6.61 Å². The lowest BCUT2D eigenvalue weighted by molar-refractivity contribution is -0.192. The van der Waals surface area contributed by atoms with Gasteiger partial charge in [0, 0.05) is 5.56 Å². The van der Waals surface area contributed by atoms with E-state index in [4.69, 9.17) is 9.47 Å². The number of hydrogen-bond acceptors (Lipinski definition) is 3. The van der Waals surface area contributed by atoms with E-state index in [0.717, 1.165) is 0 Å². The maximum absolute atomic E-state index is 13.0. The minimum Gasteiger partial charge on any atom is -0.333 e. The summed E-state index contributed by atoms with van der Waals surface area (Å²) in [6.07, 6.45) is -1.55. The highest BCUT2D eigenvalue weighted by Gasteiger charge is 2.55. The third-order valence-electron chi connectivity index (χ3n) is 2.54. The lowest BCUT2D eigenvalue weighted by Crippen LogP contribution is -2.35. The van der Waals surface area contributed by atoms with Crippen molar-refractivity contribution in [2.75, 3.05) is 11.9 Å². The van der Waals surface area contributed by atoms with E-state index >= 15 is 0 Å². The second-order valence-corrected chi connectivity index (χ2v) is 3.46. The SMILES string of the molecule is O=C1Nc2ccccc2C12OCC(F)O2. The summed E-state index contributed by atoms with van der Waals surface area (Å²) in [5.74, 6) is -2.04. The number of nitrogens with one attached hydrogen (secondary N) is 1. The quantitative estimate of drug-likeness (QED) is 0.696. The maximum Gasteiger partial charge on any atom is 0.290 e. The van der Waals surface area contributed by atoms with Crippen LogP contribution in [0.2, 0.25) is 0 Å².